The van der Waals surface area contributed by atoms with Gasteiger partial charge in [-0.3, -0.25) is 4.79 Å². The van der Waals surface area contributed by atoms with Crippen molar-refractivity contribution in [1.82, 2.24) is 9.97 Å². The van der Waals surface area contributed by atoms with E-state index in [0.29, 0.717) is 12.2 Å². The third kappa shape index (κ3) is 2.26. The number of nitriles is 1. The van der Waals surface area contributed by atoms with Crippen molar-refractivity contribution in [3.05, 3.63) is 16.7 Å². The lowest BCUT2D eigenvalue weighted by molar-refractivity contribution is 0.693. The van der Waals surface area contributed by atoms with Crippen LogP contribution in [0.5, 0.6) is 0 Å². The first-order valence-corrected chi connectivity index (χ1v) is 4.51. The van der Waals surface area contributed by atoms with Crippen LogP contribution in [0.3, 0.4) is 0 Å². The lowest BCUT2D eigenvalue weighted by Gasteiger charge is -2.24. The third-order valence-electron chi connectivity index (χ3n) is 2.25. The number of aromatic nitrogens is 2. The molecule has 1 atom stereocenters. The minimum atomic E-state index is -0.365. The average molecular weight is 207 g/mol. The van der Waals surface area contributed by atoms with Crippen molar-refractivity contribution in [3.63, 3.8) is 0 Å². The smallest absolute Gasteiger partial charge is 0.276 e. The van der Waals surface area contributed by atoms with E-state index in [1.807, 2.05) is 6.92 Å². The second-order valence-electron chi connectivity index (χ2n) is 3.29. The number of nitrogen functional groups attached to an aromatic ring is 1. The molecule has 1 rings (SSSR count). The van der Waals surface area contributed by atoms with E-state index >= 15 is 0 Å². The summed E-state index contributed by atoms with van der Waals surface area (Å²) in [6.07, 6.45) is 1.65. The number of hydrogen-bond donors (Lipinski definition) is 2. The molecule has 1 aromatic heterocycles. The number of nitrogens with zero attached hydrogens (tertiary/aromatic N) is 3. The van der Waals surface area contributed by atoms with Gasteiger partial charge in [0.05, 0.1) is 18.8 Å². The number of hydrogen-bond acceptors (Lipinski definition) is 5. The van der Waals surface area contributed by atoms with Gasteiger partial charge in [-0.2, -0.15) is 5.26 Å². The molecule has 1 aromatic rings. The van der Waals surface area contributed by atoms with E-state index in [2.05, 4.69) is 16.0 Å². The molecule has 15 heavy (non-hydrogen) atoms. The first kappa shape index (κ1) is 11.0. The highest BCUT2D eigenvalue weighted by molar-refractivity contribution is 5.60. The van der Waals surface area contributed by atoms with Crippen LogP contribution in [0.4, 0.5) is 11.5 Å². The van der Waals surface area contributed by atoms with Crippen molar-refractivity contribution >= 4 is 11.5 Å². The van der Waals surface area contributed by atoms with Crippen molar-refractivity contribution in [2.75, 3.05) is 17.7 Å². The highest BCUT2D eigenvalue weighted by Crippen LogP contribution is 2.16. The Bertz CT molecular complexity index is 433. The van der Waals surface area contributed by atoms with Crippen LogP contribution in [0.25, 0.3) is 0 Å². The first-order chi connectivity index (χ1) is 7.07. The molecule has 0 aromatic carbocycles. The van der Waals surface area contributed by atoms with Gasteiger partial charge >= 0.3 is 0 Å². The minimum absolute atomic E-state index is 0.0356. The van der Waals surface area contributed by atoms with Gasteiger partial charge < -0.3 is 15.6 Å². The zero-order valence-electron chi connectivity index (χ0n) is 8.69. The van der Waals surface area contributed by atoms with Gasteiger partial charge in [-0.25, -0.2) is 4.98 Å². The summed E-state index contributed by atoms with van der Waals surface area (Å²) in [5.41, 5.74) is 5.30. The predicted molar refractivity (Wildman–Crippen MR) is 57.4 cm³/mol. The molecule has 0 aliphatic heterocycles. The SMILES string of the molecule is CC(CC#N)N(C)c1nc[nH]c(=O)c1N. The average Bonchev–Trinajstić information content (AvgIpc) is 2.21. The van der Waals surface area contributed by atoms with Crippen LogP contribution in [0, 0.1) is 11.3 Å². The summed E-state index contributed by atoms with van der Waals surface area (Å²) in [5.74, 6) is 0.404. The quantitative estimate of drug-likeness (QED) is 0.731. The van der Waals surface area contributed by atoms with Crippen molar-refractivity contribution in [2.45, 2.75) is 19.4 Å². The molecule has 3 N–H and O–H groups in total. The van der Waals surface area contributed by atoms with Crippen LogP contribution in [-0.2, 0) is 0 Å². The summed E-state index contributed by atoms with van der Waals surface area (Å²) in [4.78, 5) is 19.3. The summed E-state index contributed by atoms with van der Waals surface area (Å²) in [6.45, 7) is 1.87. The highest BCUT2D eigenvalue weighted by Gasteiger charge is 2.14. The Labute approximate surface area is 87.3 Å². The number of anilines is 2. The Balaban J connectivity index is 3.02. The largest absolute Gasteiger partial charge is 0.391 e. The van der Waals surface area contributed by atoms with Crippen LogP contribution in [-0.4, -0.2) is 23.1 Å². The van der Waals surface area contributed by atoms with Crippen molar-refractivity contribution in [2.24, 2.45) is 0 Å². The molecule has 0 bridgehead atoms. The molecule has 0 fully saturated rings. The number of nitrogens with two attached hydrogens (primary N) is 1. The molecule has 0 aliphatic carbocycles. The Morgan fingerprint density at radius 2 is 2.47 bits per heavy atom. The van der Waals surface area contributed by atoms with Crippen molar-refractivity contribution in [3.8, 4) is 6.07 Å². The molecule has 0 saturated heterocycles. The molecule has 0 amide bonds. The first-order valence-electron chi connectivity index (χ1n) is 4.51. The van der Waals surface area contributed by atoms with Gasteiger partial charge in [0, 0.05) is 13.1 Å². The molecule has 0 saturated carbocycles. The van der Waals surface area contributed by atoms with Crippen LogP contribution in [0.1, 0.15) is 13.3 Å². The third-order valence-corrected chi connectivity index (χ3v) is 2.25. The number of nitrogens with one attached hydrogen (secondary N) is 1. The van der Waals surface area contributed by atoms with Gasteiger partial charge in [0.1, 0.15) is 5.69 Å². The topological polar surface area (TPSA) is 98.8 Å². The van der Waals surface area contributed by atoms with E-state index in [9.17, 15) is 4.79 Å². The molecule has 0 spiro atoms. The minimum Gasteiger partial charge on any atom is -0.391 e. The lowest BCUT2D eigenvalue weighted by Crippen LogP contribution is -2.31. The number of H-pyrrole nitrogens is 1. The lowest BCUT2D eigenvalue weighted by atomic mass is 10.2. The van der Waals surface area contributed by atoms with Gasteiger partial charge in [-0.1, -0.05) is 0 Å². The van der Waals surface area contributed by atoms with Crippen molar-refractivity contribution < 1.29 is 0 Å². The van der Waals surface area contributed by atoms with E-state index < -0.39 is 0 Å². The summed E-state index contributed by atoms with van der Waals surface area (Å²) >= 11 is 0. The molecule has 6 nitrogen and oxygen atoms in total. The van der Waals surface area contributed by atoms with Gasteiger partial charge in [-0.05, 0) is 6.92 Å². The van der Waals surface area contributed by atoms with Crippen LogP contribution >= 0.6 is 0 Å². The fourth-order valence-electron chi connectivity index (χ4n) is 1.16. The monoisotopic (exact) mass is 207 g/mol. The Morgan fingerprint density at radius 1 is 1.80 bits per heavy atom. The van der Waals surface area contributed by atoms with Crippen LogP contribution in [0.15, 0.2) is 11.1 Å². The second kappa shape index (κ2) is 4.46. The fourth-order valence-corrected chi connectivity index (χ4v) is 1.16. The van der Waals surface area contributed by atoms with Crippen LogP contribution < -0.4 is 16.2 Å². The maximum absolute atomic E-state index is 11.2. The number of rotatable bonds is 3. The standard InChI is InChI=1S/C9H13N5O/c1-6(3-4-10)14(2)8-7(11)9(15)13-5-12-8/h5-6H,3,11H2,1-2H3,(H,12,13,15). The van der Waals surface area contributed by atoms with E-state index in [0.717, 1.165) is 0 Å². The summed E-state index contributed by atoms with van der Waals surface area (Å²) in [5, 5.41) is 8.56. The van der Waals surface area contributed by atoms with E-state index in [-0.39, 0.29) is 17.3 Å². The summed E-state index contributed by atoms with van der Waals surface area (Å²) < 4.78 is 0. The normalized spacial score (nSPS) is 11.8. The Kier molecular flexibility index (Phi) is 3.29. The summed E-state index contributed by atoms with van der Waals surface area (Å²) in [6, 6.07) is 2.02. The molecule has 0 aliphatic rings. The Morgan fingerprint density at radius 3 is 3.07 bits per heavy atom. The zero-order valence-corrected chi connectivity index (χ0v) is 8.69. The highest BCUT2D eigenvalue weighted by atomic mass is 16.1. The summed E-state index contributed by atoms with van der Waals surface area (Å²) in [7, 11) is 1.75. The molecule has 80 valence electrons. The van der Waals surface area contributed by atoms with Gasteiger partial charge in [0.2, 0.25) is 0 Å². The van der Waals surface area contributed by atoms with Gasteiger partial charge in [0.25, 0.3) is 5.56 Å². The maximum atomic E-state index is 11.2. The second-order valence-corrected chi connectivity index (χ2v) is 3.29. The number of aromatic amines is 1. The Hall–Kier alpha value is -2.03. The van der Waals surface area contributed by atoms with E-state index in [4.69, 9.17) is 11.0 Å². The maximum Gasteiger partial charge on any atom is 0.276 e. The molecular formula is C9H13N5O. The molecule has 1 heterocycles. The van der Waals surface area contributed by atoms with Gasteiger partial charge in [0.15, 0.2) is 5.82 Å². The fraction of sp³-hybridized carbons (Fsp3) is 0.444. The zero-order chi connectivity index (χ0) is 11.4. The molecular weight excluding hydrogens is 194 g/mol. The van der Waals surface area contributed by atoms with Crippen LogP contribution in [0.2, 0.25) is 0 Å². The molecule has 6 heteroatoms. The van der Waals surface area contributed by atoms with E-state index in [1.54, 1.807) is 11.9 Å². The predicted octanol–water partition coefficient (Wildman–Crippen LogP) is 0.0905. The van der Waals surface area contributed by atoms with E-state index in [1.165, 1.54) is 6.33 Å². The molecule has 1 unspecified atom stereocenters. The molecule has 0 radical (unpaired) electrons. The van der Waals surface area contributed by atoms with Gasteiger partial charge in [-0.15, -0.1) is 0 Å². The van der Waals surface area contributed by atoms with Crippen molar-refractivity contribution in [1.29, 1.82) is 5.26 Å².